The maximum absolute atomic E-state index is 11.5. The molecule has 6 heteroatoms. The number of carbonyl (C=O) groups is 1. The summed E-state index contributed by atoms with van der Waals surface area (Å²) in [5.74, 6) is 0.491. The summed E-state index contributed by atoms with van der Waals surface area (Å²) >= 11 is 0. The largest absolute Gasteiger partial charge is 0.389 e. The number of hydrogen-bond acceptors (Lipinski definition) is 4. The fraction of sp³-hybridized carbons (Fsp3) is 0.600. The highest BCUT2D eigenvalue weighted by molar-refractivity contribution is 5.92. The van der Waals surface area contributed by atoms with Crippen LogP contribution in [-0.2, 0) is 11.2 Å². The molecule has 16 heavy (non-hydrogen) atoms. The number of methoxy groups -OCH3 is 1. The second kappa shape index (κ2) is 6.24. The van der Waals surface area contributed by atoms with E-state index in [1.165, 1.54) is 13.3 Å². The van der Waals surface area contributed by atoms with Crippen LogP contribution in [0, 0.1) is 0 Å². The van der Waals surface area contributed by atoms with Gasteiger partial charge in [-0.05, 0) is 0 Å². The first-order valence-electron chi connectivity index (χ1n) is 5.16. The monoisotopic (exact) mass is 227 g/mol. The number of aryl methyl sites for hydroxylation is 1. The van der Waals surface area contributed by atoms with Gasteiger partial charge in [-0.15, -0.1) is 0 Å². The number of nitrogens with zero attached hydrogens (tertiary/aromatic N) is 1. The van der Waals surface area contributed by atoms with Crippen molar-refractivity contribution in [2.75, 3.05) is 20.3 Å². The molecule has 1 atom stereocenters. The first-order valence-corrected chi connectivity index (χ1v) is 5.16. The number of aliphatic hydroxyl groups excluding tert-OH is 1. The average molecular weight is 227 g/mol. The van der Waals surface area contributed by atoms with Crippen LogP contribution in [0.25, 0.3) is 0 Å². The maximum atomic E-state index is 11.5. The molecule has 0 bridgehead atoms. The molecule has 0 spiro atoms. The number of aromatic nitrogens is 2. The molecule has 1 amide bonds. The molecule has 6 nitrogen and oxygen atoms in total. The fourth-order valence-electron chi connectivity index (χ4n) is 1.21. The molecule has 0 aliphatic heterocycles. The Morgan fingerprint density at radius 1 is 1.75 bits per heavy atom. The molecule has 0 saturated carbocycles. The quantitative estimate of drug-likeness (QED) is 0.623. The van der Waals surface area contributed by atoms with Gasteiger partial charge < -0.3 is 20.1 Å². The molecule has 0 aliphatic rings. The van der Waals surface area contributed by atoms with Crippen LogP contribution in [0.4, 0.5) is 0 Å². The molecule has 1 aromatic rings. The summed E-state index contributed by atoms with van der Waals surface area (Å²) in [4.78, 5) is 18.4. The van der Waals surface area contributed by atoms with Crippen molar-refractivity contribution in [2.24, 2.45) is 0 Å². The number of imidazole rings is 1. The van der Waals surface area contributed by atoms with Crippen LogP contribution in [-0.4, -0.2) is 47.3 Å². The minimum atomic E-state index is -0.692. The van der Waals surface area contributed by atoms with Crippen molar-refractivity contribution < 1.29 is 14.6 Å². The Hall–Kier alpha value is -1.40. The fourth-order valence-corrected chi connectivity index (χ4v) is 1.21. The predicted octanol–water partition coefficient (Wildman–Crippen LogP) is -0.291. The van der Waals surface area contributed by atoms with E-state index in [9.17, 15) is 9.90 Å². The van der Waals surface area contributed by atoms with E-state index in [1.807, 2.05) is 6.92 Å². The highest BCUT2D eigenvalue weighted by Crippen LogP contribution is 1.97. The summed E-state index contributed by atoms with van der Waals surface area (Å²) in [6.45, 7) is 2.31. The highest BCUT2D eigenvalue weighted by atomic mass is 16.5. The minimum Gasteiger partial charge on any atom is -0.389 e. The third kappa shape index (κ3) is 3.63. The molecule has 3 N–H and O–H groups in total. The van der Waals surface area contributed by atoms with Crippen molar-refractivity contribution in [2.45, 2.75) is 19.4 Å². The van der Waals surface area contributed by atoms with Crippen molar-refractivity contribution in [3.8, 4) is 0 Å². The Kier molecular flexibility index (Phi) is 4.94. The molecule has 0 fully saturated rings. The molecule has 0 saturated heterocycles. The Bertz CT molecular complexity index is 338. The Labute approximate surface area is 94.0 Å². The van der Waals surface area contributed by atoms with E-state index in [4.69, 9.17) is 4.74 Å². The molecule has 90 valence electrons. The average Bonchev–Trinajstić information content (AvgIpc) is 2.75. The summed E-state index contributed by atoms with van der Waals surface area (Å²) < 4.78 is 4.74. The van der Waals surface area contributed by atoms with Crippen molar-refractivity contribution in [1.82, 2.24) is 15.3 Å². The molecule has 0 aromatic carbocycles. The van der Waals surface area contributed by atoms with E-state index in [2.05, 4.69) is 15.3 Å². The smallest absolute Gasteiger partial charge is 0.269 e. The molecule has 0 aliphatic carbocycles. The summed E-state index contributed by atoms with van der Waals surface area (Å²) in [7, 11) is 1.49. The minimum absolute atomic E-state index is 0.160. The first kappa shape index (κ1) is 12.7. The molecule has 1 heterocycles. The van der Waals surface area contributed by atoms with Crippen molar-refractivity contribution in [3.05, 3.63) is 17.7 Å². The summed E-state index contributed by atoms with van der Waals surface area (Å²) in [6.07, 6.45) is 1.54. The number of amides is 1. The maximum Gasteiger partial charge on any atom is 0.269 e. The number of rotatable bonds is 6. The third-order valence-corrected chi connectivity index (χ3v) is 2.07. The number of hydrogen-bond donors (Lipinski definition) is 3. The van der Waals surface area contributed by atoms with Crippen LogP contribution in [0.3, 0.4) is 0 Å². The lowest BCUT2D eigenvalue weighted by molar-refractivity contribution is 0.0608. The van der Waals surface area contributed by atoms with E-state index < -0.39 is 6.10 Å². The zero-order valence-corrected chi connectivity index (χ0v) is 9.49. The number of aromatic amines is 1. The van der Waals surface area contributed by atoms with Gasteiger partial charge in [0.1, 0.15) is 11.5 Å². The summed E-state index contributed by atoms with van der Waals surface area (Å²) in [5.41, 5.74) is 0.404. The molecular weight excluding hydrogens is 210 g/mol. The van der Waals surface area contributed by atoms with Crippen LogP contribution in [0.15, 0.2) is 6.20 Å². The number of nitrogens with one attached hydrogen (secondary N) is 2. The van der Waals surface area contributed by atoms with Crippen molar-refractivity contribution in [3.63, 3.8) is 0 Å². The second-order valence-electron chi connectivity index (χ2n) is 3.42. The summed E-state index contributed by atoms with van der Waals surface area (Å²) in [5, 5.41) is 11.9. The third-order valence-electron chi connectivity index (χ3n) is 2.07. The number of H-pyrrole nitrogens is 1. The summed E-state index contributed by atoms with van der Waals surface area (Å²) in [6, 6.07) is 0. The van der Waals surface area contributed by atoms with Crippen molar-refractivity contribution >= 4 is 5.91 Å². The van der Waals surface area contributed by atoms with Gasteiger partial charge in [-0.25, -0.2) is 4.98 Å². The number of aliphatic hydroxyl groups is 1. The van der Waals surface area contributed by atoms with Gasteiger partial charge in [-0.1, -0.05) is 6.92 Å². The number of carbonyl (C=O) groups excluding carboxylic acids is 1. The van der Waals surface area contributed by atoms with E-state index in [-0.39, 0.29) is 19.1 Å². The predicted molar refractivity (Wildman–Crippen MR) is 58.2 cm³/mol. The van der Waals surface area contributed by atoms with Gasteiger partial charge in [0.05, 0.1) is 18.9 Å². The van der Waals surface area contributed by atoms with Crippen LogP contribution in [0.1, 0.15) is 23.2 Å². The van der Waals surface area contributed by atoms with Crippen LogP contribution in [0.2, 0.25) is 0 Å². The van der Waals surface area contributed by atoms with Crippen LogP contribution in [0.5, 0.6) is 0 Å². The Morgan fingerprint density at radius 2 is 2.50 bits per heavy atom. The molecular formula is C10H17N3O3. The van der Waals surface area contributed by atoms with Crippen LogP contribution >= 0.6 is 0 Å². The first-order chi connectivity index (χ1) is 7.67. The normalized spacial score (nSPS) is 12.4. The SMILES string of the molecule is CCc1ncc(C(=O)NCC(O)COC)[nH]1. The Balaban J connectivity index is 2.40. The van der Waals surface area contributed by atoms with Gasteiger partial charge in [0, 0.05) is 20.1 Å². The van der Waals surface area contributed by atoms with Crippen molar-refractivity contribution in [1.29, 1.82) is 0 Å². The standard InChI is InChI=1S/C10H17N3O3/c1-3-9-11-5-8(13-9)10(15)12-4-7(14)6-16-2/h5,7,14H,3-4,6H2,1-2H3,(H,11,13)(H,12,15). The van der Waals surface area contributed by atoms with E-state index in [0.29, 0.717) is 5.69 Å². The van der Waals surface area contributed by atoms with E-state index in [0.717, 1.165) is 12.2 Å². The topological polar surface area (TPSA) is 87.2 Å². The highest BCUT2D eigenvalue weighted by Gasteiger charge is 2.10. The molecule has 1 aromatic heterocycles. The second-order valence-corrected chi connectivity index (χ2v) is 3.42. The van der Waals surface area contributed by atoms with Gasteiger partial charge in [-0.3, -0.25) is 4.79 Å². The van der Waals surface area contributed by atoms with Gasteiger partial charge >= 0.3 is 0 Å². The lowest BCUT2D eigenvalue weighted by Crippen LogP contribution is -2.34. The van der Waals surface area contributed by atoms with Gasteiger partial charge in [0.15, 0.2) is 0 Å². The zero-order valence-electron chi connectivity index (χ0n) is 9.49. The van der Waals surface area contributed by atoms with E-state index >= 15 is 0 Å². The number of ether oxygens (including phenoxy) is 1. The molecule has 0 radical (unpaired) electrons. The van der Waals surface area contributed by atoms with Crippen LogP contribution < -0.4 is 5.32 Å². The lowest BCUT2D eigenvalue weighted by atomic mass is 10.3. The lowest BCUT2D eigenvalue weighted by Gasteiger charge is -2.09. The zero-order chi connectivity index (χ0) is 12.0. The van der Waals surface area contributed by atoms with Gasteiger partial charge in [-0.2, -0.15) is 0 Å². The van der Waals surface area contributed by atoms with Gasteiger partial charge in [0.2, 0.25) is 0 Å². The molecule has 1 unspecified atom stereocenters. The molecule has 1 rings (SSSR count). The van der Waals surface area contributed by atoms with Gasteiger partial charge in [0.25, 0.3) is 5.91 Å². The van der Waals surface area contributed by atoms with E-state index in [1.54, 1.807) is 0 Å². The Morgan fingerprint density at radius 3 is 3.06 bits per heavy atom.